The van der Waals surface area contributed by atoms with E-state index >= 15 is 0 Å². The van der Waals surface area contributed by atoms with Crippen LogP contribution in [-0.4, -0.2) is 90.6 Å². The van der Waals surface area contributed by atoms with Crippen molar-refractivity contribution >= 4 is 29.5 Å². The Balaban J connectivity index is 1.38. The van der Waals surface area contributed by atoms with Gasteiger partial charge in [-0.25, -0.2) is 0 Å². The standard InChI is InChI=1S/C43H53N7O8/c1-27-34(28(2)49-48-27)17-20-40(52)50-22-10-9-21-44-42(54)31-15-19-36(56-4)38(23-31)58-33-16-14-32(37(24-33)57-5)25-45-41(53)29(3)46-43(55)35(47-39(51)26-50)18-13-30-11-7-6-8-12-30/h6-8,11-12,14-16,19,23-24,29,35H,9-10,13,17-18,20-22,25-26H2,1-5H3,(H,44,54)(H,45,53)(H,46,55)(H,47,51)(H,48,49)/t29-,35-/m0/s1. The molecule has 1 aromatic heterocycles. The van der Waals surface area contributed by atoms with Crippen LogP contribution in [0.15, 0.2) is 66.7 Å². The zero-order valence-electron chi connectivity index (χ0n) is 33.7. The summed E-state index contributed by atoms with van der Waals surface area (Å²) in [6, 6.07) is 17.6. The molecule has 3 heterocycles. The van der Waals surface area contributed by atoms with Crippen molar-refractivity contribution in [3.63, 3.8) is 0 Å². The average molecular weight is 796 g/mol. The Morgan fingerprint density at radius 2 is 1.66 bits per heavy atom. The molecule has 3 aromatic carbocycles. The fourth-order valence-corrected chi connectivity index (χ4v) is 6.67. The highest BCUT2D eigenvalue weighted by Gasteiger charge is 2.27. The van der Waals surface area contributed by atoms with Gasteiger partial charge in [-0.2, -0.15) is 5.10 Å². The number of H-pyrrole nitrogens is 1. The van der Waals surface area contributed by atoms with Gasteiger partial charge in [0.2, 0.25) is 23.6 Å². The third kappa shape index (κ3) is 11.8. The summed E-state index contributed by atoms with van der Waals surface area (Å²) in [5.74, 6) is -0.483. The van der Waals surface area contributed by atoms with Crippen molar-refractivity contribution in [2.24, 2.45) is 0 Å². The lowest BCUT2D eigenvalue weighted by molar-refractivity contribution is -0.137. The number of fused-ring (bicyclic) bond motifs is 18. The Bertz CT molecular complexity index is 2050. The molecule has 5 N–H and O–H groups in total. The number of aromatic nitrogens is 2. The molecule has 6 rings (SSSR count). The van der Waals surface area contributed by atoms with E-state index in [4.69, 9.17) is 14.2 Å². The zero-order valence-corrected chi connectivity index (χ0v) is 33.7. The molecule has 0 fully saturated rings. The lowest BCUT2D eigenvalue weighted by Crippen LogP contribution is -2.54. The maximum atomic E-state index is 13.7. The number of nitrogens with one attached hydrogen (secondary N) is 5. The Morgan fingerprint density at radius 3 is 2.38 bits per heavy atom. The van der Waals surface area contributed by atoms with Gasteiger partial charge >= 0.3 is 0 Å². The minimum Gasteiger partial charge on any atom is -0.496 e. The number of aryl methyl sites for hydroxylation is 3. The molecule has 0 unspecified atom stereocenters. The van der Waals surface area contributed by atoms with Crippen molar-refractivity contribution in [2.75, 3.05) is 33.9 Å². The monoisotopic (exact) mass is 795 g/mol. The predicted octanol–water partition coefficient (Wildman–Crippen LogP) is 4.06. The van der Waals surface area contributed by atoms with Gasteiger partial charge in [0.15, 0.2) is 11.5 Å². The van der Waals surface area contributed by atoms with Crippen LogP contribution >= 0.6 is 0 Å². The van der Waals surface area contributed by atoms with Gasteiger partial charge in [0.25, 0.3) is 5.91 Å². The lowest BCUT2D eigenvalue weighted by atomic mass is 10.0. The number of carbonyl (C=O) groups is 5. The van der Waals surface area contributed by atoms with Crippen molar-refractivity contribution in [1.82, 2.24) is 36.4 Å². The second kappa shape index (κ2) is 20.7. The van der Waals surface area contributed by atoms with Crippen LogP contribution in [0.25, 0.3) is 0 Å². The topological polar surface area (TPSA) is 193 Å². The molecule has 0 saturated carbocycles. The second-order valence-corrected chi connectivity index (χ2v) is 14.2. The zero-order chi connectivity index (χ0) is 41.6. The third-order valence-electron chi connectivity index (χ3n) is 10.0. The van der Waals surface area contributed by atoms with Crippen molar-refractivity contribution in [3.05, 3.63) is 100 Å². The average Bonchev–Trinajstić information content (AvgIpc) is 3.55. The summed E-state index contributed by atoms with van der Waals surface area (Å²) in [6.45, 7) is 5.69. The molecule has 2 atom stereocenters. The van der Waals surface area contributed by atoms with E-state index in [1.807, 2.05) is 44.2 Å². The van der Waals surface area contributed by atoms with Gasteiger partial charge in [0.1, 0.15) is 23.6 Å². The molecule has 0 aliphatic carbocycles. The lowest BCUT2D eigenvalue weighted by Gasteiger charge is -2.25. The number of hydrogen-bond acceptors (Lipinski definition) is 9. The number of nitrogens with zero attached hydrogens (tertiary/aromatic N) is 2. The Kier molecular flexibility index (Phi) is 15.2. The third-order valence-corrected chi connectivity index (χ3v) is 10.0. The molecular weight excluding hydrogens is 743 g/mol. The Morgan fingerprint density at radius 1 is 0.879 bits per heavy atom. The van der Waals surface area contributed by atoms with E-state index in [2.05, 4.69) is 31.5 Å². The molecule has 58 heavy (non-hydrogen) atoms. The smallest absolute Gasteiger partial charge is 0.251 e. The van der Waals surface area contributed by atoms with Gasteiger partial charge in [0, 0.05) is 48.9 Å². The Labute approximate surface area is 338 Å². The van der Waals surface area contributed by atoms with E-state index < -0.39 is 29.8 Å². The first-order chi connectivity index (χ1) is 27.9. The number of ether oxygens (including phenoxy) is 3. The highest BCUT2D eigenvalue weighted by atomic mass is 16.5. The summed E-state index contributed by atoms with van der Waals surface area (Å²) in [7, 11) is 3.00. The summed E-state index contributed by atoms with van der Waals surface area (Å²) in [5.41, 5.74) is 4.60. The maximum Gasteiger partial charge on any atom is 0.251 e. The number of methoxy groups -OCH3 is 2. The summed E-state index contributed by atoms with van der Waals surface area (Å²) in [6.07, 6.45) is 2.32. The molecule has 5 amide bonds. The molecule has 2 aliphatic heterocycles. The van der Waals surface area contributed by atoms with Crippen LogP contribution < -0.4 is 35.5 Å². The summed E-state index contributed by atoms with van der Waals surface area (Å²) in [4.78, 5) is 69.2. The number of rotatable bonds is 8. The molecule has 2 aliphatic rings. The van der Waals surface area contributed by atoms with Gasteiger partial charge in [-0.3, -0.25) is 29.1 Å². The van der Waals surface area contributed by atoms with E-state index in [0.717, 1.165) is 22.5 Å². The van der Waals surface area contributed by atoms with Crippen molar-refractivity contribution < 1.29 is 38.2 Å². The Hall–Kier alpha value is -6.38. The maximum absolute atomic E-state index is 13.7. The normalized spacial score (nSPS) is 17.4. The van der Waals surface area contributed by atoms with Crippen LogP contribution in [-0.2, 0) is 38.6 Å². The highest BCUT2D eigenvalue weighted by Crippen LogP contribution is 2.35. The SMILES string of the molecule is COc1cc2ccc1CNC(=O)[C@H](C)NC(=O)[C@H](CCc1ccccc1)NC(=O)CN(C(=O)CCc1c(C)n[nH]c1C)CCCCNC(=O)c1ccc(OC)c(c1)O2. The van der Waals surface area contributed by atoms with Crippen LogP contribution in [0.2, 0.25) is 0 Å². The minimum absolute atomic E-state index is 0.0826. The number of hydrogen-bond donors (Lipinski definition) is 5. The minimum atomic E-state index is -0.995. The molecule has 0 saturated heterocycles. The largest absolute Gasteiger partial charge is 0.496 e. The van der Waals surface area contributed by atoms with Crippen molar-refractivity contribution in [3.8, 4) is 23.0 Å². The van der Waals surface area contributed by atoms with Crippen LogP contribution in [0.4, 0.5) is 0 Å². The van der Waals surface area contributed by atoms with Gasteiger partial charge in [-0.15, -0.1) is 0 Å². The van der Waals surface area contributed by atoms with Crippen LogP contribution in [0.5, 0.6) is 23.0 Å². The van der Waals surface area contributed by atoms with Crippen LogP contribution in [0.3, 0.4) is 0 Å². The first-order valence-electron chi connectivity index (χ1n) is 19.5. The van der Waals surface area contributed by atoms with Crippen LogP contribution in [0.1, 0.15) is 71.0 Å². The quantitative estimate of drug-likeness (QED) is 0.164. The van der Waals surface area contributed by atoms with Gasteiger partial charge in [-0.1, -0.05) is 30.3 Å². The van der Waals surface area contributed by atoms with Gasteiger partial charge in [0.05, 0.1) is 26.5 Å². The number of amides is 5. The van der Waals surface area contributed by atoms with Crippen molar-refractivity contribution in [1.29, 1.82) is 0 Å². The van der Waals surface area contributed by atoms with Gasteiger partial charge in [-0.05, 0) is 94.3 Å². The summed E-state index contributed by atoms with van der Waals surface area (Å²) < 4.78 is 17.2. The first kappa shape index (κ1) is 42.8. The molecule has 0 radical (unpaired) electrons. The number of benzene rings is 3. The van der Waals surface area contributed by atoms with E-state index in [-0.39, 0.29) is 44.3 Å². The molecule has 0 spiro atoms. The number of aromatic amines is 1. The molecule has 308 valence electrons. The predicted molar refractivity (Wildman–Crippen MR) is 217 cm³/mol. The first-order valence-corrected chi connectivity index (χ1v) is 19.5. The highest BCUT2D eigenvalue weighted by molar-refractivity contribution is 5.95. The van der Waals surface area contributed by atoms with E-state index in [9.17, 15) is 24.0 Å². The molecule has 15 heteroatoms. The molecule has 4 aromatic rings. The summed E-state index contributed by atoms with van der Waals surface area (Å²) in [5, 5.41) is 18.5. The number of carbonyl (C=O) groups excluding carboxylic acids is 5. The molecule has 4 bridgehead atoms. The van der Waals surface area contributed by atoms with Crippen LogP contribution in [0, 0.1) is 13.8 Å². The van der Waals surface area contributed by atoms with E-state index in [0.29, 0.717) is 66.4 Å². The van der Waals surface area contributed by atoms with E-state index in [1.165, 1.54) is 19.1 Å². The fraction of sp³-hybridized carbons (Fsp3) is 0.395. The molecule has 15 nitrogen and oxygen atoms in total. The fourth-order valence-electron chi connectivity index (χ4n) is 6.67. The molecular formula is C43H53N7O8. The van der Waals surface area contributed by atoms with Gasteiger partial charge < -0.3 is 40.4 Å². The summed E-state index contributed by atoms with van der Waals surface area (Å²) >= 11 is 0. The van der Waals surface area contributed by atoms with Crippen molar-refractivity contribution in [2.45, 2.75) is 77.9 Å². The second-order valence-electron chi connectivity index (χ2n) is 14.2. The van der Waals surface area contributed by atoms with E-state index in [1.54, 1.807) is 43.3 Å².